The van der Waals surface area contributed by atoms with Crippen LogP contribution in [-0.2, 0) is 0 Å². The second kappa shape index (κ2) is 4.44. The van der Waals surface area contributed by atoms with Crippen LogP contribution in [0.15, 0.2) is 6.20 Å². The quantitative estimate of drug-likeness (QED) is 0.677. The van der Waals surface area contributed by atoms with E-state index in [9.17, 15) is 4.79 Å². The van der Waals surface area contributed by atoms with E-state index in [1.165, 1.54) is 6.20 Å². The van der Waals surface area contributed by atoms with E-state index in [1.54, 1.807) is 6.92 Å². The molecule has 0 radical (unpaired) electrons. The Balaban J connectivity index is 2.50. The lowest BCUT2D eigenvalue weighted by atomic mass is 9.95. The fourth-order valence-electron chi connectivity index (χ4n) is 1.01. The van der Waals surface area contributed by atoms with Crippen LogP contribution in [0.25, 0.3) is 0 Å². The summed E-state index contributed by atoms with van der Waals surface area (Å²) < 4.78 is 0. The summed E-state index contributed by atoms with van der Waals surface area (Å²) in [4.78, 5) is 18.3. The summed E-state index contributed by atoms with van der Waals surface area (Å²) in [6, 6.07) is 0. The van der Waals surface area contributed by atoms with E-state index >= 15 is 0 Å². The van der Waals surface area contributed by atoms with Gasteiger partial charge in [0.2, 0.25) is 0 Å². The molecule has 1 rings (SSSR count). The molecule has 0 aliphatic carbocycles. The Bertz CT molecular complexity index is 344. The Hall–Kier alpha value is -1.36. The van der Waals surface area contributed by atoms with Gasteiger partial charge in [0.05, 0.1) is 6.20 Å². The first-order valence-corrected chi connectivity index (χ1v) is 4.85. The Kier molecular flexibility index (Phi) is 3.47. The highest BCUT2D eigenvalue weighted by Gasteiger charge is 2.18. The Morgan fingerprint density at radius 1 is 1.67 bits per heavy atom. The lowest BCUT2D eigenvalue weighted by Crippen LogP contribution is -2.36. The number of aryl methyl sites for hydroxylation is 1. The van der Waals surface area contributed by atoms with E-state index in [1.807, 2.05) is 13.8 Å². The van der Waals surface area contributed by atoms with Gasteiger partial charge in [-0.05, 0) is 6.92 Å². The van der Waals surface area contributed by atoms with Crippen LogP contribution in [0, 0.1) is 12.3 Å². The molecule has 5 heteroatoms. The molecule has 1 heterocycles. The van der Waals surface area contributed by atoms with Crippen LogP contribution in [0.5, 0.6) is 0 Å². The molecule has 0 aliphatic rings. The number of carbonyl (C=O) groups excluding carboxylic acids is 1. The van der Waals surface area contributed by atoms with E-state index in [0.29, 0.717) is 18.1 Å². The molecule has 0 aliphatic heterocycles. The zero-order valence-corrected chi connectivity index (χ0v) is 9.29. The average molecular weight is 211 g/mol. The fraction of sp³-hybridized carbons (Fsp3) is 0.600. The normalized spacial score (nSPS) is 11.5. The van der Waals surface area contributed by atoms with Crippen molar-refractivity contribution in [1.29, 1.82) is 0 Å². The van der Waals surface area contributed by atoms with Crippen molar-refractivity contribution in [3.8, 4) is 0 Å². The first kappa shape index (κ1) is 11.7. The van der Waals surface area contributed by atoms with E-state index in [-0.39, 0.29) is 17.9 Å². The largest absolute Gasteiger partial charge is 0.396 e. The second-order valence-corrected chi connectivity index (χ2v) is 4.39. The molecule has 0 spiro atoms. The van der Waals surface area contributed by atoms with Gasteiger partial charge in [-0.25, -0.2) is 4.98 Å². The van der Waals surface area contributed by atoms with Crippen molar-refractivity contribution in [1.82, 2.24) is 15.3 Å². The summed E-state index contributed by atoms with van der Waals surface area (Å²) in [7, 11) is 0. The highest BCUT2D eigenvalue weighted by atomic mass is 16.3. The van der Waals surface area contributed by atoms with Gasteiger partial charge in [-0.2, -0.15) is 0 Å². The third-order valence-electron chi connectivity index (χ3n) is 2.10. The van der Waals surface area contributed by atoms with Gasteiger partial charge in [-0.15, -0.1) is 0 Å². The minimum atomic E-state index is -0.301. The SMILES string of the molecule is Cc1ncc(C(=O)NCC(C)(C)CO)[nH]1. The van der Waals surface area contributed by atoms with Gasteiger partial charge < -0.3 is 15.4 Å². The van der Waals surface area contributed by atoms with Crippen LogP contribution in [0.3, 0.4) is 0 Å². The summed E-state index contributed by atoms with van der Waals surface area (Å²) >= 11 is 0. The number of aliphatic hydroxyl groups excluding tert-OH is 1. The minimum absolute atomic E-state index is 0.0370. The molecule has 1 aromatic rings. The van der Waals surface area contributed by atoms with Crippen LogP contribution in [0.4, 0.5) is 0 Å². The molecule has 15 heavy (non-hydrogen) atoms. The number of carbonyl (C=O) groups is 1. The third-order valence-corrected chi connectivity index (χ3v) is 2.10. The van der Waals surface area contributed by atoms with Gasteiger partial charge in [-0.3, -0.25) is 4.79 Å². The zero-order chi connectivity index (χ0) is 11.5. The van der Waals surface area contributed by atoms with Crippen molar-refractivity contribution in [2.24, 2.45) is 5.41 Å². The van der Waals surface area contributed by atoms with Gasteiger partial charge in [0.1, 0.15) is 11.5 Å². The molecular formula is C10H17N3O2. The van der Waals surface area contributed by atoms with Crippen LogP contribution in [0.1, 0.15) is 30.2 Å². The predicted molar refractivity (Wildman–Crippen MR) is 56.5 cm³/mol. The third kappa shape index (κ3) is 3.36. The number of hydrogen-bond donors (Lipinski definition) is 3. The van der Waals surface area contributed by atoms with Gasteiger partial charge in [-0.1, -0.05) is 13.8 Å². The molecule has 0 atom stereocenters. The summed E-state index contributed by atoms with van der Waals surface area (Å²) in [5.74, 6) is 0.513. The molecule has 0 unspecified atom stereocenters. The maximum Gasteiger partial charge on any atom is 0.269 e. The number of rotatable bonds is 4. The predicted octanol–water partition coefficient (Wildman–Crippen LogP) is 0.466. The number of nitrogens with zero attached hydrogens (tertiary/aromatic N) is 1. The van der Waals surface area contributed by atoms with Gasteiger partial charge in [0.15, 0.2) is 0 Å². The Morgan fingerprint density at radius 2 is 2.33 bits per heavy atom. The van der Waals surface area contributed by atoms with Gasteiger partial charge in [0, 0.05) is 18.6 Å². The first-order chi connectivity index (χ1) is 6.94. The maximum atomic E-state index is 11.6. The number of amides is 1. The smallest absolute Gasteiger partial charge is 0.269 e. The van der Waals surface area contributed by atoms with Crippen LogP contribution >= 0.6 is 0 Å². The number of H-pyrrole nitrogens is 1. The number of aliphatic hydroxyl groups is 1. The monoisotopic (exact) mass is 211 g/mol. The van der Waals surface area contributed by atoms with Crippen LogP contribution < -0.4 is 5.32 Å². The first-order valence-electron chi connectivity index (χ1n) is 4.85. The van der Waals surface area contributed by atoms with E-state index in [2.05, 4.69) is 15.3 Å². The van der Waals surface area contributed by atoms with Crippen molar-refractivity contribution in [3.63, 3.8) is 0 Å². The van der Waals surface area contributed by atoms with Crippen molar-refractivity contribution in [2.45, 2.75) is 20.8 Å². The number of imidazole rings is 1. The molecular weight excluding hydrogens is 194 g/mol. The molecule has 0 aromatic carbocycles. The number of hydrogen-bond acceptors (Lipinski definition) is 3. The van der Waals surface area contributed by atoms with Gasteiger partial charge >= 0.3 is 0 Å². The molecule has 5 nitrogen and oxygen atoms in total. The maximum absolute atomic E-state index is 11.6. The zero-order valence-electron chi connectivity index (χ0n) is 9.29. The molecule has 3 N–H and O–H groups in total. The minimum Gasteiger partial charge on any atom is -0.396 e. The molecule has 0 fully saturated rings. The second-order valence-electron chi connectivity index (χ2n) is 4.39. The molecule has 0 saturated carbocycles. The molecule has 1 aromatic heterocycles. The number of nitrogens with one attached hydrogen (secondary N) is 2. The molecule has 0 bridgehead atoms. The van der Waals surface area contributed by atoms with E-state index in [4.69, 9.17) is 5.11 Å². The van der Waals surface area contributed by atoms with E-state index in [0.717, 1.165) is 0 Å². The Morgan fingerprint density at radius 3 is 2.80 bits per heavy atom. The summed E-state index contributed by atoms with van der Waals surface area (Å²) in [5, 5.41) is 11.7. The molecule has 84 valence electrons. The lowest BCUT2D eigenvalue weighted by Gasteiger charge is -2.21. The highest BCUT2D eigenvalue weighted by molar-refractivity contribution is 5.92. The Labute approximate surface area is 88.9 Å². The lowest BCUT2D eigenvalue weighted by molar-refractivity contribution is 0.0906. The van der Waals surface area contributed by atoms with Gasteiger partial charge in [0.25, 0.3) is 5.91 Å². The highest BCUT2D eigenvalue weighted by Crippen LogP contribution is 2.11. The standard InChI is InChI=1S/C10H17N3O2/c1-7-11-4-8(13-7)9(15)12-5-10(2,3)6-14/h4,14H,5-6H2,1-3H3,(H,11,13)(H,12,15). The van der Waals surface area contributed by atoms with Crippen molar-refractivity contribution < 1.29 is 9.90 Å². The summed E-state index contributed by atoms with van der Waals surface area (Å²) in [6.45, 7) is 6.01. The number of aromatic amines is 1. The van der Waals surface area contributed by atoms with E-state index < -0.39 is 0 Å². The fourth-order valence-corrected chi connectivity index (χ4v) is 1.01. The van der Waals surface area contributed by atoms with Crippen LogP contribution in [-0.4, -0.2) is 34.1 Å². The summed E-state index contributed by atoms with van der Waals surface area (Å²) in [5.41, 5.74) is 0.145. The average Bonchev–Trinajstić information content (AvgIpc) is 2.61. The van der Waals surface area contributed by atoms with Crippen molar-refractivity contribution >= 4 is 5.91 Å². The van der Waals surface area contributed by atoms with Crippen molar-refractivity contribution in [2.75, 3.05) is 13.2 Å². The van der Waals surface area contributed by atoms with Crippen molar-refractivity contribution in [3.05, 3.63) is 17.7 Å². The molecule has 1 amide bonds. The summed E-state index contributed by atoms with van der Waals surface area (Å²) in [6.07, 6.45) is 1.50. The number of aromatic nitrogens is 2. The van der Waals surface area contributed by atoms with Crippen LogP contribution in [0.2, 0.25) is 0 Å². The topological polar surface area (TPSA) is 78.0 Å². The molecule has 0 saturated heterocycles.